The molecule has 0 aliphatic carbocycles. The first kappa shape index (κ1) is 21.7. The van der Waals surface area contributed by atoms with Gasteiger partial charge in [0.2, 0.25) is 11.6 Å². The molecule has 28 heavy (non-hydrogen) atoms. The van der Waals surface area contributed by atoms with Gasteiger partial charge in [0, 0.05) is 5.56 Å². The second-order valence-corrected chi connectivity index (χ2v) is 5.75. The highest BCUT2D eigenvalue weighted by Gasteiger charge is 2.18. The van der Waals surface area contributed by atoms with Crippen molar-refractivity contribution in [2.45, 2.75) is 26.4 Å². The molecule has 8 heteroatoms. The highest BCUT2D eigenvalue weighted by molar-refractivity contribution is 5.35. The molecule has 152 valence electrons. The first-order valence-electron chi connectivity index (χ1n) is 8.48. The van der Waals surface area contributed by atoms with Crippen molar-refractivity contribution in [3.63, 3.8) is 0 Å². The second kappa shape index (κ2) is 10.1. The van der Waals surface area contributed by atoms with Crippen molar-refractivity contribution in [3.05, 3.63) is 70.6 Å². The molecule has 2 nitrogen and oxygen atoms in total. The molecule has 0 heterocycles. The Kier molecular flexibility index (Phi) is 7.78. The van der Waals surface area contributed by atoms with Gasteiger partial charge in [-0.1, -0.05) is 12.1 Å². The lowest BCUT2D eigenvalue weighted by Gasteiger charge is -2.12. The lowest BCUT2D eigenvalue weighted by molar-refractivity contribution is 0.269. The fraction of sp³-hybridized carbons (Fsp3) is 0.300. The molecule has 2 rings (SSSR count). The fourth-order valence-electron chi connectivity index (χ4n) is 2.42. The SMILES string of the molecule is CCOc1ccc(OCc2ccc(CCC=C(F)CF)c(F)c2F)c(F)c1F. The summed E-state index contributed by atoms with van der Waals surface area (Å²) in [6, 6.07) is 4.79. The third-order valence-corrected chi connectivity index (χ3v) is 3.84. The molecular weight excluding hydrogens is 386 g/mol. The minimum atomic E-state index is -1.30. The van der Waals surface area contributed by atoms with Crippen molar-refractivity contribution in [3.8, 4) is 11.5 Å². The minimum absolute atomic E-state index is 0.00136. The summed E-state index contributed by atoms with van der Waals surface area (Å²) in [6.45, 7) is -0.0419. The summed E-state index contributed by atoms with van der Waals surface area (Å²) in [5, 5.41) is 0. The maximum absolute atomic E-state index is 14.2. The van der Waals surface area contributed by atoms with Crippen LogP contribution in [0.25, 0.3) is 0 Å². The predicted molar refractivity (Wildman–Crippen MR) is 91.7 cm³/mol. The van der Waals surface area contributed by atoms with E-state index in [1.54, 1.807) is 6.92 Å². The summed E-state index contributed by atoms with van der Waals surface area (Å²) in [7, 11) is 0. The highest BCUT2D eigenvalue weighted by atomic mass is 19.2. The summed E-state index contributed by atoms with van der Waals surface area (Å²) in [5.74, 6) is -6.65. The smallest absolute Gasteiger partial charge is 0.204 e. The van der Waals surface area contributed by atoms with E-state index in [-0.39, 0.29) is 36.3 Å². The summed E-state index contributed by atoms with van der Waals surface area (Å²) in [4.78, 5) is 0. The molecule has 0 saturated heterocycles. The van der Waals surface area contributed by atoms with Crippen LogP contribution in [-0.2, 0) is 13.0 Å². The molecule has 0 atom stereocenters. The summed E-state index contributed by atoms with van der Waals surface area (Å²) >= 11 is 0. The Morgan fingerprint density at radius 3 is 2.04 bits per heavy atom. The van der Waals surface area contributed by atoms with Gasteiger partial charge in [-0.3, -0.25) is 0 Å². The molecule has 2 aromatic carbocycles. The van der Waals surface area contributed by atoms with Gasteiger partial charge in [0.1, 0.15) is 19.1 Å². The Bertz CT molecular complexity index is 851. The predicted octanol–water partition coefficient (Wildman–Crippen LogP) is 5.98. The van der Waals surface area contributed by atoms with Gasteiger partial charge in [0.15, 0.2) is 23.1 Å². The van der Waals surface area contributed by atoms with Gasteiger partial charge in [0.05, 0.1) is 6.61 Å². The topological polar surface area (TPSA) is 18.5 Å². The van der Waals surface area contributed by atoms with Gasteiger partial charge >= 0.3 is 0 Å². The van der Waals surface area contributed by atoms with Crippen LogP contribution in [0.15, 0.2) is 36.2 Å². The van der Waals surface area contributed by atoms with Crippen molar-refractivity contribution in [1.29, 1.82) is 0 Å². The molecule has 0 saturated carbocycles. The number of hydrogen-bond acceptors (Lipinski definition) is 2. The van der Waals surface area contributed by atoms with Gasteiger partial charge < -0.3 is 9.47 Å². The van der Waals surface area contributed by atoms with E-state index in [2.05, 4.69) is 0 Å². The first-order valence-corrected chi connectivity index (χ1v) is 8.48. The van der Waals surface area contributed by atoms with Crippen LogP contribution in [0.1, 0.15) is 24.5 Å². The molecule has 0 fully saturated rings. The first-order chi connectivity index (χ1) is 13.4. The average Bonchev–Trinajstić information content (AvgIpc) is 2.69. The van der Waals surface area contributed by atoms with Crippen LogP contribution in [0.5, 0.6) is 11.5 Å². The molecule has 0 bridgehead atoms. The van der Waals surface area contributed by atoms with Crippen LogP contribution in [0.4, 0.5) is 26.3 Å². The Morgan fingerprint density at radius 2 is 1.43 bits per heavy atom. The van der Waals surface area contributed by atoms with Crippen molar-refractivity contribution in [2.75, 3.05) is 13.3 Å². The van der Waals surface area contributed by atoms with Gasteiger partial charge in [-0.05, 0) is 43.5 Å². The monoisotopic (exact) mass is 404 g/mol. The van der Waals surface area contributed by atoms with Crippen LogP contribution in [-0.4, -0.2) is 13.3 Å². The number of halogens is 6. The third-order valence-electron chi connectivity index (χ3n) is 3.84. The fourth-order valence-corrected chi connectivity index (χ4v) is 2.42. The number of benzene rings is 2. The quantitative estimate of drug-likeness (QED) is 0.479. The van der Waals surface area contributed by atoms with E-state index in [9.17, 15) is 26.3 Å². The maximum atomic E-state index is 14.2. The van der Waals surface area contributed by atoms with Crippen LogP contribution in [0.2, 0.25) is 0 Å². The Hall–Kier alpha value is -2.64. The van der Waals surface area contributed by atoms with E-state index in [1.165, 1.54) is 18.2 Å². The van der Waals surface area contributed by atoms with Crippen LogP contribution in [0, 0.1) is 23.3 Å². The van der Waals surface area contributed by atoms with Crippen LogP contribution >= 0.6 is 0 Å². The summed E-state index contributed by atoms with van der Waals surface area (Å²) in [6.07, 6.45) is 0.923. The normalized spacial score (nSPS) is 11.6. The molecular formula is C20H18F6O2. The third kappa shape index (κ3) is 5.21. The van der Waals surface area contributed by atoms with Crippen molar-refractivity contribution >= 4 is 0 Å². The number of allylic oxidation sites excluding steroid dienone is 2. The molecule has 0 radical (unpaired) electrons. The number of alkyl halides is 1. The standard InChI is InChI=1S/C20H18F6O2/c1-2-27-15-8-9-16(20(26)19(15)25)28-11-13-7-6-12(17(23)18(13)24)4-3-5-14(22)10-21/h5-9H,2-4,10-11H2,1H3. The Labute approximate surface area is 158 Å². The number of hydrogen-bond donors (Lipinski definition) is 0. The molecule has 0 unspecified atom stereocenters. The molecule has 0 spiro atoms. The van der Waals surface area contributed by atoms with E-state index >= 15 is 0 Å². The number of rotatable bonds is 9. The average molecular weight is 404 g/mol. The molecule has 0 aromatic heterocycles. The minimum Gasteiger partial charge on any atom is -0.491 e. The molecule has 0 aliphatic heterocycles. The molecule has 0 amide bonds. The van der Waals surface area contributed by atoms with E-state index < -0.39 is 48.1 Å². The lowest BCUT2D eigenvalue weighted by Crippen LogP contribution is -2.05. The molecule has 0 aliphatic rings. The van der Waals surface area contributed by atoms with E-state index in [1.807, 2.05) is 0 Å². The summed E-state index contributed by atoms with van der Waals surface area (Å²) < 4.78 is 90.7. The van der Waals surface area contributed by atoms with Gasteiger partial charge in [-0.15, -0.1) is 0 Å². The zero-order valence-corrected chi connectivity index (χ0v) is 15.0. The highest BCUT2D eigenvalue weighted by Crippen LogP contribution is 2.28. The second-order valence-electron chi connectivity index (χ2n) is 5.75. The number of ether oxygens (including phenoxy) is 2. The summed E-state index contributed by atoms with van der Waals surface area (Å²) in [5.41, 5.74) is -0.233. The molecule has 0 N–H and O–H groups in total. The zero-order valence-electron chi connectivity index (χ0n) is 15.0. The lowest BCUT2D eigenvalue weighted by atomic mass is 10.1. The molecule has 2 aromatic rings. The van der Waals surface area contributed by atoms with E-state index in [4.69, 9.17) is 9.47 Å². The Morgan fingerprint density at radius 1 is 0.857 bits per heavy atom. The van der Waals surface area contributed by atoms with E-state index in [0.717, 1.165) is 12.1 Å². The van der Waals surface area contributed by atoms with E-state index in [0.29, 0.717) is 0 Å². The van der Waals surface area contributed by atoms with Crippen LogP contribution in [0.3, 0.4) is 0 Å². The van der Waals surface area contributed by atoms with Gasteiger partial charge in [-0.25, -0.2) is 17.6 Å². The van der Waals surface area contributed by atoms with Gasteiger partial charge in [0.25, 0.3) is 0 Å². The van der Waals surface area contributed by atoms with Crippen molar-refractivity contribution < 1.29 is 35.8 Å². The largest absolute Gasteiger partial charge is 0.491 e. The Balaban J connectivity index is 2.09. The van der Waals surface area contributed by atoms with Gasteiger partial charge in [-0.2, -0.15) is 8.78 Å². The van der Waals surface area contributed by atoms with Crippen molar-refractivity contribution in [1.82, 2.24) is 0 Å². The van der Waals surface area contributed by atoms with Crippen molar-refractivity contribution in [2.24, 2.45) is 0 Å². The maximum Gasteiger partial charge on any atom is 0.204 e. The van der Waals surface area contributed by atoms with Crippen LogP contribution < -0.4 is 9.47 Å². The zero-order chi connectivity index (χ0) is 20.7. The number of aryl methyl sites for hydroxylation is 1.